The van der Waals surface area contributed by atoms with Crippen LogP contribution in [0.4, 0.5) is 0 Å². The normalized spacial score (nSPS) is 38.0. The highest BCUT2D eigenvalue weighted by Gasteiger charge is 2.44. The minimum absolute atomic E-state index is 0.582. The topological polar surface area (TPSA) is 180 Å². The Kier molecular flexibility index (Phi) is 7.36. The van der Waals surface area contributed by atoms with E-state index in [1.807, 2.05) is 0 Å². The Bertz CT molecular complexity index is 301. The van der Waals surface area contributed by atoms with E-state index in [1.165, 1.54) is 0 Å². The molecule has 1 fully saturated rings. The first-order valence-electron chi connectivity index (χ1n) is 6.40. The van der Waals surface area contributed by atoms with Gasteiger partial charge in [-0.2, -0.15) is 0 Å². The van der Waals surface area contributed by atoms with Gasteiger partial charge >= 0.3 is 0 Å². The lowest BCUT2D eigenvalue weighted by Gasteiger charge is -2.40. The first-order chi connectivity index (χ1) is 9.83. The maximum absolute atomic E-state index is 9.65. The van der Waals surface area contributed by atoms with Gasteiger partial charge in [-0.15, -0.1) is 0 Å². The van der Waals surface area contributed by atoms with Crippen molar-refractivity contribution in [2.45, 2.75) is 49.0 Å². The molecule has 0 bridgehead atoms. The molecule has 0 aromatic heterocycles. The number of aliphatic hydroxyl groups excluding tert-OH is 8. The molecule has 1 heterocycles. The van der Waals surface area contributed by atoms with Gasteiger partial charge in [0.1, 0.15) is 42.7 Å². The van der Waals surface area contributed by atoms with Crippen LogP contribution in [0.2, 0.25) is 0 Å². The first kappa shape index (κ1) is 18.6. The highest BCUT2D eigenvalue weighted by Crippen LogP contribution is 2.22. The molecule has 0 aliphatic carbocycles. The molecule has 1 aliphatic heterocycles. The lowest BCUT2D eigenvalue weighted by atomic mass is 9.99. The summed E-state index contributed by atoms with van der Waals surface area (Å²) >= 11 is 0. The molecular weight excluding hydrogens is 292 g/mol. The lowest BCUT2D eigenvalue weighted by molar-refractivity contribution is -0.306. The minimum Gasteiger partial charge on any atom is -0.394 e. The fraction of sp³-hybridized carbons (Fsp3) is 1.00. The average molecular weight is 314 g/mol. The quantitative estimate of drug-likeness (QED) is 0.226. The molecule has 1 saturated heterocycles. The first-order valence-corrected chi connectivity index (χ1v) is 6.40. The van der Waals surface area contributed by atoms with Gasteiger partial charge in [0.15, 0.2) is 6.29 Å². The van der Waals surface area contributed by atoms with Crippen LogP contribution in [-0.4, -0.2) is 110 Å². The molecule has 126 valence electrons. The van der Waals surface area contributed by atoms with Crippen LogP contribution >= 0.6 is 0 Å². The van der Waals surface area contributed by atoms with Gasteiger partial charge in [0.25, 0.3) is 0 Å². The van der Waals surface area contributed by atoms with E-state index >= 15 is 0 Å². The fourth-order valence-corrected chi connectivity index (χ4v) is 1.86. The summed E-state index contributed by atoms with van der Waals surface area (Å²) in [6.45, 7) is -1.97. The van der Waals surface area contributed by atoms with Crippen molar-refractivity contribution in [3.63, 3.8) is 0 Å². The maximum atomic E-state index is 9.65. The van der Waals surface area contributed by atoms with E-state index in [9.17, 15) is 25.5 Å². The molecular formula is C11H22O10. The van der Waals surface area contributed by atoms with Crippen molar-refractivity contribution in [3.05, 3.63) is 0 Å². The van der Waals surface area contributed by atoms with E-state index in [-0.39, 0.29) is 0 Å². The molecule has 8 N–H and O–H groups in total. The van der Waals surface area contributed by atoms with Crippen molar-refractivity contribution in [2.75, 3.05) is 19.8 Å². The molecule has 1 unspecified atom stereocenters. The highest BCUT2D eigenvalue weighted by molar-refractivity contribution is 4.89. The van der Waals surface area contributed by atoms with Crippen molar-refractivity contribution >= 4 is 0 Å². The van der Waals surface area contributed by atoms with Crippen LogP contribution in [0.1, 0.15) is 0 Å². The Balaban J connectivity index is 2.53. The molecule has 10 heteroatoms. The number of hydrogen-bond donors (Lipinski definition) is 8. The molecule has 0 saturated carbocycles. The Morgan fingerprint density at radius 3 is 2.05 bits per heavy atom. The van der Waals surface area contributed by atoms with Gasteiger partial charge in [0, 0.05) is 0 Å². The standard InChI is InChI=1S/C11H22O10/c12-1-4(14)7(16)5(15)3-20-11-10(19)9(18)8(17)6(2-13)21-11/h4-19H,1-3H2/t4-,5+,6-,7+,8-,9+,10-,11?/m1/s1. The second kappa shape index (κ2) is 8.29. The van der Waals surface area contributed by atoms with Crippen LogP contribution in [0, 0.1) is 0 Å². The summed E-state index contributed by atoms with van der Waals surface area (Å²) in [5.74, 6) is 0. The van der Waals surface area contributed by atoms with Crippen LogP contribution in [0.3, 0.4) is 0 Å². The largest absolute Gasteiger partial charge is 0.394 e. The maximum Gasteiger partial charge on any atom is 0.186 e. The number of aliphatic hydroxyl groups is 8. The molecule has 8 atom stereocenters. The van der Waals surface area contributed by atoms with Crippen molar-refractivity contribution in [2.24, 2.45) is 0 Å². The van der Waals surface area contributed by atoms with E-state index in [0.29, 0.717) is 0 Å². The molecule has 0 spiro atoms. The van der Waals surface area contributed by atoms with E-state index in [4.69, 9.17) is 24.8 Å². The number of rotatable bonds is 7. The monoisotopic (exact) mass is 314 g/mol. The Labute approximate surface area is 120 Å². The lowest BCUT2D eigenvalue weighted by Crippen LogP contribution is -2.59. The Morgan fingerprint density at radius 2 is 1.52 bits per heavy atom. The van der Waals surface area contributed by atoms with Crippen LogP contribution in [0.5, 0.6) is 0 Å². The Morgan fingerprint density at radius 1 is 0.905 bits per heavy atom. The average Bonchev–Trinajstić information content (AvgIpc) is 2.50. The molecule has 0 radical (unpaired) electrons. The summed E-state index contributed by atoms with van der Waals surface area (Å²) in [5.41, 5.74) is 0. The van der Waals surface area contributed by atoms with Gasteiger partial charge in [0.05, 0.1) is 19.8 Å². The zero-order valence-electron chi connectivity index (χ0n) is 11.1. The van der Waals surface area contributed by atoms with Gasteiger partial charge in [-0.1, -0.05) is 0 Å². The van der Waals surface area contributed by atoms with Crippen LogP contribution in [0.15, 0.2) is 0 Å². The second-order valence-electron chi connectivity index (χ2n) is 4.84. The SMILES string of the molecule is OC[C@@H](O)[C@H](O)[C@@H](O)COC1O[C@H](CO)[C@@H](O)[C@H](O)[C@H]1O. The number of ether oxygens (including phenoxy) is 2. The van der Waals surface area contributed by atoms with Crippen molar-refractivity contribution in [3.8, 4) is 0 Å². The zero-order chi connectivity index (χ0) is 16.2. The Hall–Kier alpha value is -0.400. The minimum atomic E-state index is -1.68. The van der Waals surface area contributed by atoms with Crippen LogP contribution < -0.4 is 0 Å². The van der Waals surface area contributed by atoms with Crippen molar-refractivity contribution in [1.82, 2.24) is 0 Å². The predicted molar refractivity (Wildman–Crippen MR) is 64.8 cm³/mol. The summed E-state index contributed by atoms with van der Waals surface area (Å²) in [7, 11) is 0. The molecule has 1 aliphatic rings. The van der Waals surface area contributed by atoms with Crippen LogP contribution in [-0.2, 0) is 9.47 Å². The van der Waals surface area contributed by atoms with E-state index in [0.717, 1.165) is 0 Å². The van der Waals surface area contributed by atoms with Crippen molar-refractivity contribution < 1.29 is 50.3 Å². The summed E-state index contributed by atoms with van der Waals surface area (Å²) < 4.78 is 9.98. The third-order valence-corrected chi connectivity index (χ3v) is 3.26. The highest BCUT2D eigenvalue weighted by atomic mass is 16.7. The van der Waals surface area contributed by atoms with Gasteiger partial charge in [-0.3, -0.25) is 0 Å². The van der Waals surface area contributed by atoms with E-state index in [2.05, 4.69) is 0 Å². The molecule has 10 nitrogen and oxygen atoms in total. The third kappa shape index (κ3) is 4.53. The fourth-order valence-electron chi connectivity index (χ4n) is 1.86. The second-order valence-corrected chi connectivity index (χ2v) is 4.84. The van der Waals surface area contributed by atoms with E-state index < -0.39 is 68.8 Å². The predicted octanol–water partition coefficient (Wildman–Crippen LogP) is -5.12. The zero-order valence-corrected chi connectivity index (χ0v) is 11.1. The van der Waals surface area contributed by atoms with Gasteiger partial charge in [-0.25, -0.2) is 0 Å². The smallest absolute Gasteiger partial charge is 0.186 e. The molecule has 0 aromatic carbocycles. The third-order valence-electron chi connectivity index (χ3n) is 3.26. The molecule has 0 amide bonds. The summed E-state index contributed by atoms with van der Waals surface area (Å²) in [6, 6.07) is 0. The molecule has 1 rings (SSSR count). The van der Waals surface area contributed by atoms with Crippen molar-refractivity contribution in [1.29, 1.82) is 0 Å². The van der Waals surface area contributed by atoms with Crippen LogP contribution in [0.25, 0.3) is 0 Å². The van der Waals surface area contributed by atoms with Gasteiger partial charge in [0.2, 0.25) is 0 Å². The summed E-state index contributed by atoms with van der Waals surface area (Å²) in [6.07, 6.45) is -12.2. The van der Waals surface area contributed by atoms with Gasteiger partial charge in [-0.05, 0) is 0 Å². The van der Waals surface area contributed by atoms with Gasteiger partial charge < -0.3 is 50.3 Å². The molecule has 21 heavy (non-hydrogen) atoms. The van der Waals surface area contributed by atoms with E-state index in [1.54, 1.807) is 0 Å². The molecule has 0 aromatic rings. The summed E-state index contributed by atoms with van der Waals surface area (Å²) in [4.78, 5) is 0. The summed E-state index contributed by atoms with van der Waals surface area (Å²) in [5, 5.41) is 74.4. The number of hydrogen-bond acceptors (Lipinski definition) is 10.